The molecule has 0 aliphatic rings. The van der Waals surface area contributed by atoms with Gasteiger partial charge in [-0.25, -0.2) is 4.98 Å². The van der Waals surface area contributed by atoms with E-state index in [1.54, 1.807) is 17.5 Å². The van der Waals surface area contributed by atoms with Gasteiger partial charge < -0.3 is 10.4 Å². The molecule has 2 aromatic rings. The third-order valence-electron chi connectivity index (χ3n) is 2.05. The van der Waals surface area contributed by atoms with Gasteiger partial charge in [0.2, 0.25) is 0 Å². The molecule has 78 valence electrons. The maximum atomic E-state index is 8.98. The Morgan fingerprint density at radius 2 is 2.20 bits per heavy atom. The van der Waals surface area contributed by atoms with E-state index in [4.69, 9.17) is 5.11 Å². The zero-order valence-electron chi connectivity index (χ0n) is 8.18. The molecule has 0 saturated heterocycles. The molecule has 2 N–H and O–H groups in total. The van der Waals surface area contributed by atoms with Gasteiger partial charge in [0.25, 0.3) is 0 Å². The molecule has 0 atom stereocenters. The number of aliphatic hydroxyl groups excluding tert-OH is 1. The van der Waals surface area contributed by atoms with Crippen LogP contribution in [0.15, 0.2) is 35.8 Å². The summed E-state index contributed by atoms with van der Waals surface area (Å²) in [6, 6.07) is 7.87. The lowest BCUT2D eigenvalue weighted by Gasteiger charge is -2.04. The Morgan fingerprint density at radius 3 is 2.93 bits per heavy atom. The van der Waals surface area contributed by atoms with Crippen LogP contribution < -0.4 is 5.32 Å². The molecule has 1 aromatic carbocycles. The fourth-order valence-corrected chi connectivity index (χ4v) is 1.85. The molecular weight excluding hydrogens is 208 g/mol. The van der Waals surface area contributed by atoms with E-state index in [0.717, 1.165) is 22.8 Å². The highest BCUT2D eigenvalue weighted by Crippen LogP contribution is 2.12. The minimum Gasteiger partial charge on any atom is -0.392 e. The molecule has 0 saturated carbocycles. The lowest BCUT2D eigenvalue weighted by molar-refractivity contribution is 0.281. The molecule has 1 heterocycles. The molecule has 0 spiro atoms. The van der Waals surface area contributed by atoms with Gasteiger partial charge in [0, 0.05) is 18.1 Å². The minimum absolute atomic E-state index is 0.0884. The van der Waals surface area contributed by atoms with E-state index >= 15 is 0 Å². The Balaban J connectivity index is 1.98. The molecule has 0 amide bonds. The number of aromatic nitrogens is 1. The molecule has 4 heteroatoms. The minimum atomic E-state index is 0.0884. The van der Waals surface area contributed by atoms with Crippen LogP contribution in [0.1, 0.15) is 11.1 Å². The fraction of sp³-hybridized carbons (Fsp3) is 0.182. The predicted octanol–water partition coefficient (Wildman–Crippen LogP) is 2.25. The van der Waals surface area contributed by atoms with Crippen molar-refractivity contribution < 1.29 is 5.11 Å². The number of benzene rings is 1. The summed E-state index contributed by atoms with van der Waals surface area (Å²) in [5, 5.41) is 15.1. The molecule has 0 unspecified atom stereocenters. The Morgan fingerprint density at radius 1 is 1.33 bits per heavy atom. The van der Waals surface area contributed by atoms with Crippen molar-refractivity contribution in [3.05, 3.63) is 47.0 Å². The number of aliphatic hydroxyl groups is 1. The summed E-state index contributed by atoms with van der Waals surface area (Å²) in [7, 11) is 0. The molecular formula is C11H12N2OS. The van der Waals surface area contributed by atoms with Crippen molar-refractivity contribution in [1.82, 2.24) is 4.98 Å². The first kappa shape index (κ1) is 10.1. The van der Waals surface area contributed by atoms with Crippen LogP contribution in [0, 0.1) is 0 Å². The second kappa shape index (κ2) is 4.91. The van der Waals surface area contributed by atoms with Crippen LogP contribution in [0.2, 0.25) is 0 Å². The van der Waals surface area contributed by atoms with Gasteiger partial charge in [-0.05, 0) is 11.1 Å². The summed E-state index contributed by atoms with van der Waals surface area (Å²) in [5.41, 5.74) is 2.09. The summed E-state index contributed by atoms with van der Waals surface area (Å²) in [6.07, 6.45) is 1.77. The number of hydrogen-bond acceptors (Lipinski definition) is 4. The van der Waals surface area contributed by atoms with Crippen LogP contribution in [-0.2, 0) is 13.2 Å². The van der Waals surface area contributed by atoms with Crippen molar-refractivity contribution in [2.24, 2.45) is 0 Å². The second-order valence-electron chi connectivity index (χ2n) is 3.17. The second-order valence-corrected chi connectivity index (χ2v) is 4.06. The SMILES string of the molecule is OCc1cccc(CNc2nccs2)c1. The highest BCUT2D eigenvalue weighted by Gasteiger charge is 1.97. The smallest absolute Gasteiger partial charge is 0.182 e. The lowest BCUT2D eigenvalue weighted by atomic mass is 10.1. The fourth-order valence-electron chi connectivity index (χ4n) is 1.33. The number of nitrogens with one attached hydrogen (secondary N) is 1. The lowest BCUT2D eigenvalue weighted by Crippen LogP contribution is -1.99. The molecule has 0 bridgehead atoms. The van der Waals surface area contributed by atoms with Gasteiger partial charge in [0.15, 0.2) is 5.13 Å². The maximum absolute atomic E-state index is 8.98. The molecule has 0 aliphatic carbocycles. The first-order valence-corrected chi connectivity index (χ1v) is 5.58. The van der Waals surface area contributed by atoms with Crippen LogP contribution >= 0.6 is 11.3 Å². The van der Waals surface area contributed by atoms with E-state index in [0.29, 0.717) is 0 Å². The average molecular weight is 220 g/mol. The zero-order valence-corrected chi connectivity index (χ0v) is 9.00. The Labute approximate surface area is 92.4 Å². The molecule has 2 rings (SSSR count). The van der Waals surface area contributed by atoms with E-state index in [1.165, 1.54) is 0 Å². The molecule has 1 aromatic heterocycles. The number of hydrogen-bond donors (Lipinski definition) is 2. The van der Waals surface area contributed by atoms with E-state index in [9.17, 15) is 0 Å². The third-order valence-corrected chi connectivity index (χ3v) is 2.78. The topological polar surface area (TPSA) is 45.1 Å². The van der Waals surface area contributed by atoms with Crippen LogP contribution in [0.4, 0.5) is 5.13 Å². The standard InChI is InChI=1S/C11H12N2OS/c14-8-10-3-1-2-9(6-10)7-13-11-12-4-5-15-11/h1-6,14H,7-8H2,(H,12,13). The number of anilines is 1. The first-order valence-electron chi connectivity index (χ1n) is 4.70. The van der Waals surface area contributed by atoms with Gasteiger partial charge in [-0.2, -0.15) is 0 Å². The zero-order chi connectivity index (χ0) is 10.5. The molecule has 15 heavy (non-hydrogen) atoms. The van der Waals surface area contributed by atoms with Crippen LogP contribution in [-0.4, -0.2) is 10.1 Å². The van der Waals surface area contributed by atoms with Crippen LogP contribution in [0.3, 0.4) is 0 Å². The number of thiazole rings is 1. The van der Waals surface area contributed by atoms with Gasteiger partial charge in [0.1, 0.15) is 0 Å². The largest absolute Gasteiger partial charge is 0.392 e. The summed E-state index contributed by atoms with van der Waals surface area (Å²) in [4.78, 5) is 4.13. The van der Waals surface area contributed by atoms with E-state index < -0.39 is 0 Å². The summed E-state index contributed by atoms with van der Waals surface area (Å²) < 4.78 is 0. The highest BCUT2D eigenvalue weighted by molar-refractivity contribution is 7.13. The monoisotopic (exact) mass is 220 g/mol. The van der Waals surface area contributed by atoms with E-state index in [2.05, 4.69) is 10.3 Å². The van der Waals surface area contributed by atoms with Crippen molar-refractivity contribution in [1.29, 1.82) is 0 Å². The molecule has 3 nitrogen and oxygen atoms in total. The predicted molar refractivity (Wildman–Crippen MR) is 61.8 cm³/mol. The van der Waals surface area contributed by atoms with Gasteiger partial charge in [-0.15, -0.1) is 11.3 Å². The van der Waals surface area contributed by atoms with Crippen molar-refractivity contribution in [2.75, 3.05) is 5.32 Å². The van der Waals surface area contributed by atoms with Crippen LogP contribution in [0.5, 0.6) is 0 Å². The Hall–Kier alpha value is -1.39. The Kier molecular flexibility index (Phi) is 3.32. The summed E-state index contributed by atoms with van der Waals surface area (Å²) in [6.45, 7) is 0.826. The van der Waals surface area contributed by atoms with Gasteiger partial charge in [-0.3, -0.25) is 0 Å². The van der Waals surface area contributed by atoms with Gasteiger partial charge in [-0.1, -0.05) is 24.3 Å². The van der Waals surface area contributed by atoms with Crippen molar-refractivity contribution in [3.63, 3.8) is 0 Å². The first-order chi connectivity index (χ1) is 7.38. The number of rotatable bonds is 4. The third kappa shape index (κ3) is 2.78. The maximum Gasteiger partial charge on any atom is 0.182 e. The summed E-state index contributed by atoms with van der Waals surface area (Å²) in [5.74, 6) is 0. The van der Waals surface area contributed by atoms with E-state index in [-0.39, 0.29) is 6.61 Å². The van der Waals surface area contributed by atoms with E-state index in [1.807, 2.05) is 29.6 Å². The normalized spacial score (nSPS) is 10.2. The summed E-state index contributed by atoms with van der Waals surface area (Å²) >= 11 is 1.58. The van der Waals surface area contributed by atoms with Crippen molar-refractivity contribution >= 4 is 16.5 Å². The number of nitrogens with zero attached hydrogens (tertiary/aromatic N) is 1. The van der Waals surface area contributed by atoms with Gasteiger partial charge in [0.05, 0.1) is 6.61 Å². The van der Waals surface area contributed by atoms with Crippen molar-refractivity contribution in [2.45, 2.75) is 13.2 Å². The van der Waals surface area contributed by atoms with Crippen LogP contribution in [0.25, 0.3) is 0 Å². The Bertz CT molecular complexity index is 414. The molecule has 0 fully saturated rings. The average Bonchev–Trinajstić information content (AvgIpc) is 2.79. The molecule has 0 aliphatic heterocycles. The van der Waals surface area contributed by atoms with Gasteiger partial charge >= 0.3 is 0 Å². The highest BCUT2D eigenvalue weighted by atomic mass is 32.1. The molecule has 0 radical (unpaired) electrons. The van der Waals surface area contributed by atoms with Crippen molar-refractivity contribution in [3.8, 4) is 0 Å². The quantitative estimate of drug-likeness (QED) is 0.830.